The van der Waals surface area contributed by atoms with Crippen molar-refractivity contribution in [3.8, 4) is 17.2 Å². The Labute approximate surface area is 208 Å². The summed E-state index contributed by atoms with van der Waals surface area (Å²) >= 11 is 7.80. The summed E-state index contributed by atoms with van der Waals surface area (Å²) in [4.78, 5) is 20.3. The van der Waals surface area contributed by atoms with Crippen LogP contribution in [-0.2, 0) is 4.74 Å². The third-order valence-electron chi connectivity index (χ3n) is 5.40. The van der Waals surface area contributed by atoms with Crippen LogP contribution in [0, 0.1) is 0 Å². The van der Waals surface area contributed by atoms with Gasteiger partial charge in [0, 0.05) is 12.2 Å². The van der Waals surface area contributed by atoms with Crippen LogP contribution in [0.25, 0.3) is 10.2 Å². The molecule has 0 aliphatic carbocycles. The van der Waals surface area contributed by atoms with E-state index < -0.39 is 0 Å². The molecule has 0 radical (unpaired) electrons. The normalized spacial score (nSPS) is 15.5. The molecule has 1 aliphatic rings. The summed E-state index contributed by atoms with van der Waals surface area (Å²) in [6, 6.07) is 9.06. The highest BCUT2D eigenvalue weighted by atomic mass is 35.5. The maximum Gasteiger partial charge on any atom is 0.260 e. The average Bonchev–Trinajstić information content (AvgIpc) is 3.50. The predicted octanol–water partition coefficient (Wildman–Crippen LogP) is 5.97. The Hall–Kier alpha value is -2.55. The lowest BCUT2D eigenvalue weighted by Gasteiger charge is -2.24. The van der Waals surface area contributed by atoms with Crippen molar-refractivity contribution in [2.75, 3.05) is 37.9 Å². The van der Waals surface area contributed by atoms with Crippen LogP contribution in [0.2, 0.25) is 5.02 Å². The zero-order valence-corrected chi connectivity index (χ0v) is 21.2. The minimum Gasteiger partial charge on any atom is -0.490 e. The van der Waals surface area contributed by atoms with E-state index in [2.05, 4.69) is 0 Å². The van der Waals surface area contributed by atoms with Crippen LogP contribution in [0.1, 0.15) is 44.0 Å². The number of hydrogen-bond acceptors (Lipinski definition) is 7. The SMILES string of the molecule is CCOc1cc(C(=O)N(CC2CCCO2)c2nc3c(Cl)cccc3s2)cc(OCC)c1OCC. The number of fused-ring (bicyclic) bond motifs is 1. The van der Waals surface area contributed by atoms with Gasteiger partial charge >= 0.3 is 0 Å². The molecule has 0 spiro atoms. The number of halogens is 1. The Morgan fingerprint density at radius 1 is 1.15 bits per heavy atom. The summed E-state index contributed by atoms with van der Waals surface area (Å²) < 4.78 is 24.2. The number of aromatic nitrogens is 1. The maximum absolute atomic E-state index is 13.9. The van der Waals surface area contributed by atoms with E-state index in [9.17, 15) is 4.79 Å². The Morgan fingerprint density at radius 3 is 2.44 bits per heavy atom. The van der Waals surface area contributed by atoms with E-state index in [-0.39, 0.29) is 12.0 Å². The summed E-state index contributed by atoms with van der Waals surface area (Å²) in [5.74, 6) is 1.24. The van der Waals surface area contributed by atoms with Gasteiger partial charge in [0.05, 0.1) is 42.2 Å². The maximum atomic E-state index is 13.9. The van der Waals surface area contributed by atoms with E-state index in [1.807, 2.05) is 32.9 Å². The molecule has 4 rings (SSSR count). The van der Waals surface area contributed by atoms with E-state index >= 15 is 0 Å². The van der Waals surface area contributed by atoms with E-state index in [0.717, 1.165) is 17.5 Å². The average molecular weight is 505 g/mol. The van der Waals surface area contributed by atoms with Gasteiger partial charge in [0.25, 0.3) is 5.91 Å². The zero-order valence-electron chi connectivity index (χ0n) is 19.6. The molecule has 1 unspecified atom stereocenters. The minimum absolute atomic E-state index is 0.0492. The molecule has 3 aromatic rings. The molecule has 1 amide bonds. The summed E-state index contributed by atoms with van der Waals surface area (Å²) in [7, 11) is 0. The first-order valence-electron chi connectivity index (χ1n) is 11.6. The molecule has 0 bridgehead atoms. The summed E-state index contributed by atoms with van der Waals surface area (Å²) in [5.41, 5.74) is 1.12. The molecular formula is C25H29ClN2O5S. The number of amides is 1. The second-order valence-corrected chi connectivity index (χ2v) is 9.15. The van der Waals surface area contributed by atoms with Gasteiger partial charge in [0.1, 0.15) is 5.52 Å². The van der Waals surface area contributed by atoms with Crippen LogP contribution in [0.15, 0.2) is 30.3 Å². The quantitative estimate of drug-likeness (QED) is 0.338. The lowest BCUT2D eigenvalue weighted by Crippen LogP contribution is -2.37. The molecule has 0 N–H and O–H groups in total. The van der Waals surface area contributed by atoms with Crippen molar-refractivity contribution in [3.05, 3.63) is 40.9 Å². The molecule has 7 nitrogen and oxygen atoms in total. The van der Waals surface area contributed by atoms with Crippen LogP contribution in [0.3, 0.4) is 0 Å². The number of rotatable bonds is 10. The van der Waals surface area contributed by atoms with Gasteiger partial charge in [-0.25, -0.2) is 4.98 Å². The lowest BCUT2D eigenvalue weighted by atomic mass is 10.1. The van der Waals surface area contributed by atoms with Gasteiger partial charge in [-0.3, -0.25) is 9.69 Å². The van der Waals surface area contributed by atoms with Crippen LogP contribution in [0.4, 0.5) is 5.13 Å². The van der Waals surface area contributed by atoms with Crippen LogP contribution >= 0.6 is 22.9 Å². The van der Waals surface area contributed by atoms with Crippen molar-refractivity contribution in [1.29, 1.82) is 0 Å². The van der Waals surface area contributed by atoms with Gasteiger partial charge in [0.15, 0.2) is 16.6 Å². The van der Waals surface area contributed by atoms with Gasteiger partial charge in [0.2, 0.25) is 5.75 Å². The number of anilines is 1. The van der Waals surface area contributed by atoms with E-state index in [1.54, 1.807) is 23.1 Å². The third kappa shape index (κ3) is 5.24. The molecule has 2 aromatic carbocycles. The van der Waals surface area contributed by atoms with Gasteiger partial charge < -0.3 is 18.9 Å². The summed E-state index contributed by atoms with van der Waals surface area (Å²) in [5, 5.41) is 1.14. The minimum atomic E-state index is -0.212. The van der Waals surface area contributed by atoms with Gasteiger partial charge in [-0.05, 0) is 57.9 Å². The highest BCUT2D eigenvalue weighted by Crippen LogP contribution is 2.40. The second kappa shape index (κ2) is 11.3. The van der Waals surface area contributed by atoms with Gasteiger partial charge in [-0.1, -0.05) is 29.0 Å². The molecule has 1 aliphatic heterocycles. The number of carbonyl (C=O) groups is 1. The van der Waals surface area contributed by atoms with Gasteiger partial charge in [-0.2, -0.15) is 0 Å². The molecule has 0 saturated carbocycles. The fourth-order valence-corrected chi connectivity index (χ4v) is 5.20. The molecule has 1 saturated heterocycles. The number of nitrogens with zero attached hydrogens (tertiary/aromatic N) is 2. The Morgan fingerprint density at radius 2 is 1.85 bits per heavy atom. The first kappa shape index (κ1) is 24.6. The second-order valence-electron chi connectivity index (χ2n) is 7.73. The number of para-hydroxylation sites is 1. The molecule has 34 heavy (non-hydrogen) atoms. The highest BCUT2D eigenvalue weighted by molar-refractivity contribution is 7.22. The molecule has 9 heteroatoms. The smallest absolute Gasteiger partial charge is 0.260 e. The molecule has 1 fully saturated rings. The van der Waals surface area contributed by atoms with Crippen molar-refractivity contribution in [1.82, 2.24) is 4.98 Å². The summed E-state index contributed by atoms with van der Waals surface area (Å²) in [6.45, 7) is 8.08. The third-order valence-corrected chi connectivity index (χ3v) is 6.75. The Balaban J connectivity index is 1.77. The van der Waals surface area contributed by atoms with Crippen molar-refractivity contribution in [3.63, 3.8) is 0 Å². The van der Waals surface area contributed by atoms with Gasteiger partial charge in [-0.15, -0.1) is 0 Å². The Kier molecular flexibility index (Phi) is 8.13. The van der Waals surface area contributed by atoms with Crippen molar-refractivity contribution < 1.29 is 23.7 Å². The predicted molar refractivity (Wildman–Crippen MR) is 135 cm³/mol. The van der Waals surface area contributed by atoms with Crippen LogP contribution in [0.5, 0.6) is 17.2 Å². The molecule has 1 atom stereocenters. The van der Waals surface area contributed by atoms with Crippen molar-refractivity contribution in [2.24, 2.45) is 0 Å². The number of thiazole rings is 1. The number of hydrogen-bond donors (Lipinski definition) is 0. The molecule has 1 aromatic heterocycles. The fraction of sp³-hybridized carbons (Fsp3) is 0.440. The van der Waals surface area contributed by atoms with Crippen LogP contribution < -0.4 is 19.1 Å². The number of ether oxygens (including phenoxy) is 4. The highest BCUT2D eigenvalue weighted by Gasteiger charge is 2.29. The zero-order chi connectivity index (χ0) is 24.1. The van der Waals surface area contributed by atoms with Crippen molar-refractivity contribution >= 4 is 44.2 Å². The largest absolute Gasteiger partial charge is 0.490 e. The topological polar surface area (TPSA) is 70.1 Å². The number of benzene rings is 2. The standard InChI is InChI=1S/C25H29ClN2O5S/c1-4-30-19-13-16(14-20(31-5-2)23(19)32-6-3)24(29)28(15-17-9-8-12-33-17)25-27-22-18(26)10-7-11-21(22)34-25/h7,10-11,13-14,17H,4-6,8-9,12,15H2,1-3H3. The first-order valence-corrected chi connectivity index (χ1v) is 12.8. The Bertz CT molecular complexity index is 1120. The molecule has 2 heterocycles. The van der Waals surface area contributed by atoms with E-state index in [4.69, 9.17) is 35.5 Å². The number of carbonyl (C=O) groups excluding carboxylic acids is 1. The lowest BCUT2D eigenvalue weighted by molar-refractivity contribution is 0.0916. The van der Waals surface area contributed by atoms with E-state index in [1.165, 1.54) is 11.3 Å². The molecule has 182 valence electrons. The monoisotopic (exact) mass is 504 g/mol. The molecular weight excluding hydrogens is 476 g/mol. The first-order chi connectivity index (χ1) is 16.5. The van der Waals surface area contributed by atoms with Crippen molar-refractivity contribution in [2.45, 2.75) is 39.7 Å². The van der Waals surface area contributed by atoms with E-state index in [0.29, 0.717) is 71.5 Å². The fourth-order valence-electron chi connectivity index (χ4n) is 3.93. The summed E-state index contributed by atoms with van der Waals surface area (Å²) in [6.07, 6.45) is 1.82. The van der Waals surface area contributed by atoms with Crippen LogP contribution in [-0.4, -0.2) is 50.0 Å².